The Kier molecular flexibility index (Phi) is 12.3. The van der Waals surface area contributed by atoms with Gasteiger partial charge in [0.25, 0.3) is 0 Å². The number of H-pyrrole nitrogens is 2. The van der Waals surface area contributed by atoms with E-state index >= 15 is 0 Å². The first-order chi connectivity index (χ1) is 27.6. The summed E-state index contributed by atoms with van der Waals surface area (Å²) in [5.41, 5.74) is 7.04. The van der Waals surface area contributed by atoms with Crippen molar-refractivity contribution in [2.24, 2.45) is 11.8 Å². The quantitative estimate of drug-likeness (QED) is 0.121. The van der Waals surface area contributed by atoms with Crippen LogP contribution in [0.2, 0.25) is 0 Å². The highest BCUT2D eigenvalue weighted by Crippen LogP contribution is 2.37. The molecule has 1 saturated carbocycles. The van der Waals surface area contributed by atoms with Crippen LogP contribution in [0.15, 0.2) is 66.9 Å². The number of aromatic nitrogens is 3. The van der Waals surface area contributed by atoms with Gasteiger partial charge in [0.15, 0.2) is 0 Å². The van der Waals surface area contributed by atoms with E-state index in [0.717, 1.165) is 103 Å². The fourth-order valence-corrected chi connectivity index (χ4v) is 8.87. The van der Waals surface area contributed by atoms with Gasteiger partial charge in [0.1, 0.15) is 17.9 Å². The first-order valence-electron chi connectivity index (χ1n) is 20.4. The lowest BCUT2D eigenvalue weighted by Crippen LogP contribution is -2.52. The minimum atomic E-state index is -0.658. The van der Waals surface area contributed by atoms with Crippen molar-refractivity contribution in [3.8, 4) is 33.6 Å². The Bertz CT molecular complexity index is 2020. The van der Waals surface area contributed by atoms with E-state index in [1.807, 2.05) is 29.8 Å². The first kappa shape index (κ1) is 39.6. The van der Waals surface area contributed by atoms with E-state index in [1.165, 1.54) is 14.2 Å². The lowest BCUT2D eigenvalue weighted by atomic mass is 9.83. The number of benzene rings is 2. The van der Waals surface area contributed by atoms with Gasteiger partial charge in [-0.25, -0.2) is 14.6 Å². The number of methoxy groups -OCH3 is 2. The van der Waals surface area contributed by atoms with Crippen LogP contribution < -0.4 is 10.6 Å². The number of nitrogens with one attached hydrogen (secondary N) is 4. The molecule has 4 N–H and O–H groups in total. The number of alkyl carbamates (subject to hydrolysis) is 2. The molecule has 302 valence electrons. The zero-order chi connectivity index (χ0) is 40.1. The largest absolute Gasteiger partial charge is 0.453 e. The lowest BCUT2D eigenvalue weighted by molar-refractivity contribution is -0.136. The van der Waals surface area contributed by atoms with Gasteiger partial charge in [-0.05, 0) is 84.7 Å². The molecular formula is C44H55N7O6. The third kappa shape index (κ3) is 8.72. The Balaban J connectivity index is 0.999. The summed E-state index contributed by atoms with van der Waals surface area (Å²) >= 11 is 0. The standard InChI is InChI=1S/C44H55N7O6/c1-27(2)38(48-43(54)56-3)41(52)50-24-8-12-36(50)34-23-22-33(46-34)30-18-14-28(15-19-30)29-16-20-31(21-17-29)35-26-45-40(47-35)37-13-9-25-51(37)42(53)39(49-44(55)57-4)32-10-6-5-7-11-32/h14-23,26-27,32,36-39,46H,5-13,24-25H2,1-4H3,(H,45,47)(H,48,54)(H,49,55)/t36-,37-,38-,39-/m0/s1. The van der Waals surface area contributed by atoms with E-state index in [2.05, 4.69) is 81.3 Å². The van der Waals surface area contributed by atoms with E-state index in [-0.39, 0.29) is 35.7 Å². The molecule has 2 saturated heterocycles. The molecule has 4 atom stereocenters. The second kappa shape index (κ2) is 17.7. The van der Waals surface area contributed by atoms with Crippen LogP contribution in [0.3, 0.4) is 0 Å². The van der Waals surface area contributed by atoms with Crippen molar-refractivity contribution in [1.29, 1.82) is 0 Å². The molecule has 3 aliphatic rings. The number of ether oxygens (including phenoxy) is 2. The average Bonchev–Trinajstić information content (AvgIpc) is 4.09. The van der Waals surface area contributed by atoms with Gasteiger partial charge >= 0.3 is 12.2 Å². The second-order valence-electron chi connectivity index (χ2n) is 15.9. The molecule has 7 rings (SSSR count). The van der Waals surface area contributed by atoms with Crippen molar-refractivity contribution in [2.75, 3.05) is 27.3 Å². The van der Waals surface area contributed by atoms with E-state index in [1.54, 1.807) is 0 Å². The van der Waals surface area contributed by atoms with Gasteiger partial charge in [0, 0.05) is 24.5 Å². The number of carbonyl (C=O) groups excluding carboxylic acids is 4. The summed E-state index contributed by atoms with van der Waals surface area (Å²) in [5, 5.41) is 5.58. The molecule has 0 radical (unpaired) electrons. The summed E-state index contributed by atoms with van der Waals surface area (Å²) in [6.07, 6.45) is 9.19. The maximum Gasteiger partial charge on any atom is 0.407 e. The van der Waals surface area contributed by atoms with Crippen LogP contribution in [0.1, 0.15) is 95.2 Å². The van der Waals surface area contributed by atoms with Crippen LogP contribution in [0, 0.1) is 11.8 Å². The topological polar surface area (TPSA) is 162 Å². The Morgan fingerprint density at radius 2 is 1.21 bits per heavy atom. The molecule has 2 aromatic carbocycles. The summed E-state index contributed by atoms with van der Waals surface area (Å²) in [4.78, 5) is 67.3. The molecule has 0 bridgehead atoms. The minimum absolute atomic E-state index is 0.0570. The number of likely N-dealkylation sites (tertiary alicyclic amines) is 2. The van der Waals surface area contributed by atoms with Crippen LogP contribution in [0.4, 0.5) is 9.59 Å². The van der Waals surface area contributed by atoms with Crippen molar-refractivity contribution in [3.63, 3.8) is 0 Å². The van der Waals surface area contributed by atoms with Gasteiger partial charge in [-0.2, -0.15) is 0 Å². The number of amides is 4. The Morgan fingerprint density at radius 3 is 1.82 bits per heavy atom. The van der Waals surface area contributed by atoms with Crippen molar-refractivity contribution >= 4 is 24.0 Å². The Hall–Kier alpha value is -5.59. The number of nitrogens with zero attached hydrogens (tertiary/aromatic N) is 3. The normalized spacial score (nSPS) is 19.7. The third-order valence-electron chi connectivity index (χ3n) is 12.0. The molecule has 4 aromatic rings. The molecule has 4 amide bonds. The summed E-state index contributed by atoms with van der Waals surface area (Å²) in [6, 6.07) is 19.3. The molecular weight excluding hydrogens is 723 g/mol. The lowest BCUT2D eigenvalue weighted by Gasteiger charge is -2.34. The van der Waals surface area contributed by atoms with Crippen LogP contribution in [-0.2, 0) is 19.1 Å². The molecule has 2 aliphatic heterocycles. The number of rotatable bonds is 11. The maximum atomic E-state index is 14.0. The number of carbonyl (C=O) groups is 4. The summed E-state index contributed by atoms with van der Waals surface area (Å²) in [5.74, 6) is 0.619. The SMILES string of the molecule is COC(=O)N[C@H](C(=O)N1CCC[C@H]1c1ccc(-c2ccc(-c3ccc(-c4cnc([C@@H]5CCCN5C(=O)[C@@H](NC(=O)OC)C5CCCCC5)[nH]4)cc3)cc2)[nH]1)C(C)C. The van der Waals surface area contributed by atoms with Crippen LogP contribution in [0.5, 0.6) is 0 Å². The summed E-state index contributed by atoms with van der Waals surface area (Å²) in [7, 11) is 2.63. The van der Waals surface area contributed by atoms with Gasteiger partial charge in [0.2, 0.25) is 11.8 Å². The second-order valence-corrected chi connectivity index (χ2v) is 15.9. The monoisotopic (exact) mass is 777 g/mol. The van der Waals surface area contributed by atoms with E-state index < -0.39 is 24.3 Å². The first-order valence-corrected chi connectivity index (χ1v) is 20.4. The van der Waals surface area contributed by atoms with E-state index in [9.17, 15) is 19.2 Å². The smallest absolute Gasteiger partial charge is 0.407 e. The zero-order valence-corrected chi connectivity index (χ0v) is 33.4. The van der Waals surface area contributed by atoms with Crippen molar-refractivity contribution < 1.29 is 28.7 Å². The molecule has 2 aromatic heterocycles. The zero-order valence-electron chi connectivity index (χ0n) is 33.4. The third-order valence-corrected chi connectivity index (χ3v) is 12.0. The predicted octanol–water partition coefficient (Wildman–Crippen LogP) is 7.75. The Morgan fingerprint density at radius 1 is 0.649 bits per heavy atom. The van der Waals surface area contributed by atoms with Crippen molar-refractivity contribution in [3.05, 3.63) is 78.4 Å². The predicted molar refractivity (Wildman–Crippen MR) is 217 cm³/mol. The molecule has 57 heavy (non-hydrogen) atoms. The molecule has 1 aliphatic carbocycles. The fourth-order valence-electron chi connectivity index (χ4n) is 8.87. The average molecular weight is 778 g/mol. The highest BCUT2D eigenvalue weighted by molar-refractivity contribution is 5.87. The number of imidazole rings is 1. The van der Waals surface area contributed by atoms with Crippen LogP contribution in [0.25, 0.3) is 33.6 Å². The van der Waals surface area contributed by atoms with Crippen molar-refractivity contribution in [2.45, 2.75) is 95.8 Å². The molecule has 0 unspecified atom stereocenters. The van der Waals surface area contributed by atoms with E-state index in [0.29, 0.717) is 13.1 Å². The molecule has 13 nitrogen and oxygen atoms in total. The minimum Gasteiger partial charge on any atom is -0.453 e. The van der Waals surface area contributed by atoms with Gasteiger partial charge in [-0.1, -0.05) is 81.6 Å². The highest BCUT2D eigenvalue weighted by atomic mass is 16.5. The Labute approximate surface area is 334 Å². The van der Waals surface area contributed by atoms with Crippen LogP contribution in [-0.4, -0.2) is 88.1 Å². The molecule has 3 fully saturated rings. The summed E-state index contributed by atoms with van der Waals surface area (Å²) < 4.78 is 9.66. The molecule has 0 spiro atoms. The highest BCUT2D eigenvalue weighted by Gasteiger charge is 2.40. The van der Waals surface area contributed by atoms with Crippen LogP contribution >= 0.6 is 0 Å². The van der Waals surface area contributed by atoms with Gasteiger partial charge in [0.05, 0.1) is 38.2 Å². The molecule has 13 heteroatoms. The van der Waals surface area contributed by atoms with E-state index in [4.69, 9.17) is 14.5 Å². The van der Waals surface area contributed by atoms with Gasteiger partial charge in [-0.15, -0.1) is 0 Å². The fraction of sp³-hybridized carbons (Fsp3) is 0.477. The van der Waals surface area contributed by atoms with Crippen molar-refractivity contribution in [1.82, 2.24) is 35.4 Å². The van der Waals surface area contributed by atoms with Gasteiger partial charge < -0.3 is 39.9 Å². The maximum absolute atomic E-state index is 14.0. The number of aromatic amines is 2. The number of hydrogen-bond acceptors (Lipinski definition) is 7. The summed E-state index contributed by atoms with van der Waals surface area (Å²) in [6.45, 7) is 5.10. The van der Waals surface area contributed by atoms with Gasteiger partial charge in [-0.3, -0.25) is 9.59 Å². The molecule has 4 heterocycles. The number of hydrogen-bond donors (Lipinski definition) is 4.